The van der Waals surface area contributed by atoms with Gasteiger partial charge in [0.1, 0.15) is 0 Å². The molecule has 0 aliphatic heterocycles. The van der Waals surface area contributed by atoms with Crippen LogP contribution >= 0.6 is 11.6 Å². The second kappa shape index (κ2) is 3.53. The molecular weight excluding hydrogens is 182 g/mol. The van der Waals surface area contributed by atoms with Crippen molar-refractivity contribution in [2.24, 2.45) is 0 Å². The third kappa shape index (κ3) is 2.20. The number of amides is 1. The first-order chi connectivity index (χ1) is 5.59. The monoisotopic (exact) mass is 189 g/mol. The summed E-state index contributed by atoms with van der Waals surface area (Å²) in [4.78, 5) is 11.8. The van der Waals surface area contributed by atoms with Gasteiger partial charge in [0.15, 0.2) is 0 Å². The number of halogens is 1. The Labute approximate surface area is 74.3 Å². The van der Waals surface area contributed by atoms with E-state index < -0.39 is 5.37 Å². The molecule has 1 aromatic heterocycles. The maximum atomic E-state index is 10.6. The van der Waals surface area contributed by atoms with Crippen LogP contribution in [0.3, 0.4) is 0 Å². The summed E-state index contributed by atoms with van der Waals surface area (Å²) in [5.74, 6) is 0.851. The molecule has 66 valence electrons. The lowest BCUT2D eigenvalue weighted by molar-refractivity contribution is 0.225. The fraction of sp³-hybridized carbons (Fsp3) is 0.500. The summed E-state index contributed by atoms with van der Waals surface area (Å²) in [6.45, 7) is 1.92. The van der Waals surface area contributed by atoms with Gasteiger partial charge in [-0.05, 0) is 11.6 Å². The number of carbonyl (C=O) groups excluding carboxylic acids is 1. The molecule has 0 aliphatic rings. The second-order valence-corrected chi connectivity index (χ2v) is 2.65. The van der Waals surface area contributed by atoms with Crippen molar-refractivity contribution in [3.63, 3.8) is 0 Å². The fourth-order valence-electron chi connectivity index (χ4n) is 0.666. The van der Waals surface area contributed by atoms with Gasteiger partial charge in [0, 0.05) is 14.0 Å². The van der Waals surface area contributed by atoms with Crippen LogP contribution in [0.1, 0.15) is 11.8 Å². The molecule has 0 saturated heterocycles. The predicted molar refractivity (Wildman–Crippen MR) is 41.8 cm³/mol. The van der Waals surface area contributed by atoms with E-state index >= 15 is 0 Å². The molecule has 0 aliphatic carbocycles. The number of rotatable bonds is 2. The maximum Gasteiger partial charge on any atom is 0.316 e. The van der Waals surface area contributed by atoms with E-state index in [-0.39, 0.29) is 6.54 Å². The zero-order valence-corrected chi connectivity index (χ0v) is 7.50. The fourth-order valence-corrected chi connectivity index (χ4v) is 0.726. The van der Waals surface area contributed by atoms with E-state index in [1.165, 1.54) is 4.90 Å². The molecule has 6 heteroatoms. The molecule has 0 unspecified atom stereocenters. The third-order valence-electron chi connectivity index (χ3n) is 1.24. The van der Waals surface area contributed by atoms with Crippen molar-refractivity contribution < 1.29 is 9.21 Å². The van der Waals surface area contributed by atoms with Gasteiger partial charge in [0.2, 0.25) is 11.8 Å². The van der Waals surface area contributed by atoms with Gasteiger partial charge in [-0.3, -0.25) is 4.79 Å². The topological polar surface area (TPSA) is 59.2 Å². The summed E-state index contributed by atoms with van der Waals surface area (Å²) in [6.07, 6.45) is 0. The summed E-state index contributed by atoms with van der Waals surface area (Å²) in [5.41, 5.74) is 0. The lowest BCUT2D eigenvalue weighted by Gasteiger charge is -2.08. The Morgan fingerprint density at radius 3 is 2.75 bits per heavy atom. The molecule has 1 rings (SSSR count). The van der Waals surface area contributed by atoms with Crippen molar-refractivity contribution in [3.8, 4) is 0 Å². The van der Waals surface area contributed by atoms with Gasteiger partial charge < -0.3 is 9.32 Å². The van der Waals surface area contributed by atoms with E-state index in [1.54, 1.807) is 14.0 Å². The van der Waals surface area contributed by atoms with Crippen LogP contribution in [-0.4, -0.2) is 27.5 Å². The maximum absolute atomic E-state index is 10.6. The van der Waals surface area contributed by atoms with Gasteiger partial charge in [-0.25, -0.2) is 0 Å². The number of aryl methyl sites for hydroxylation is 1. The molecule has 0 aromatic carbocycles. The molecule has 0 atom stereocenters. The van der Waals surface area contributed by atoms with Crippen molar-refractivity contribution in [2.45, 2.75) is 13.5 Å². The third-order valence-corrected chi connectivity index (χ3v) is 1.53. The van der Waals surface area contributed by atoms with Crippen molar-refractivity contribution >= 4 is 17.0 Å². The Balaban J connectivity index is 2.58. The lowest BCUT2D eigenvalue weighted by atomic mass is 10.6. The molecule has 5 nitrogen and oxygen atoms in total. The SMILES string of the molecule is Cc1nnc(CN(C)C(=O)Cl)o1. The Hall–Kier alpha value is -1.10. The van der Waals surface area contributed by atoms with Gasteiger partial charge in [0.05, 0.1) is 6.54 Å². The summed E-state index contributed by atoms with van der Waals surface area (Å²) in [7, 11) is 1.55. The molecular formula is C6H8ClN3O2. The molecule has 0 saturated carbocycles. The van der Waals surface area contributed by atoms with E-state index in [0.29, 0.717) is 11.8 Å². The molecule has 1 amide bonds. The quantitative estimate of drug-likeness (QED) is 0.518. The number of aromatic nitrogens is 2. The normalized spacial score (nSPS) is 9.92. The van der Waals surface area contributed by atoms with Crippen LogP contribution < -0.4 is 0 Å². The number of carbonyl (C=O) groups is 1. The summed E-state index contributed by atoms with van der Waals surface area (Å²) in [6, 6.07) is 0. The van der Waals surface area contributed by atoms with Crippen LogP contribution in [0.5, 0.6) is 0 Å². The minimum atomic E-state index is -0.550. The second-order valence-electron chi connectivity index (χ2n) is 2.32. The zero-order chi connectivity index (χ0) is 9.14. The Morgan fingerprint density at radius 2 is 2.33 bits per heavy atom. The Kier molecular flexibility index (Phi) is 2.65. The van der Waals surface area contributed by atoms with E-state index in [0.717, 1.165) is 0 Å². The zero-order valence-electron chi connectivity index (χ0n) is 6.74. The average molecular weight is 190 g/mol. The molecule has 1 heterocycles. The molecule has 0 bridgehead atoms. The minimum absolute atomic E-state index is 0.239. The Bertz CT molecular complexity index is 286. The number of nitrogens with zero attached hydrogens (tertiary/aromatic N) is 3. The standard InChI is InChI=1S/C6H8ClN3O2/c1-4-8-9-5(12-4)3-10(2)6(7)11/h3H2,1-2H3. The highest BCUT2D eigenvalue weighted by atomic mass is 35.5. The van der Waals surface area contributed by atoms with Crippen LogP contribution in [-0.2, 0) is 6.54 Å². The van der Waals surface area contributed by atoms with Crippen molar-refractivity contribution in [2.75, 3.05) is 7.05 Å². The van der Waals surface area contributed by atoms with Crippen LogP contribution in [0.4, 0.5) is 4.79 Å². The highest BCUT2D eigenvalue weighted by Crippen LogP contribution is 2.03. The van der Waals surface area contributed by atoms with Crippen molar-refractivity contribution in [3.05, 3.63) is 11.8 Å². The average Bonchev–Trinajstić information content (AvgIpc) is 2.35. The summed E-state index contributed by atoms with van der Waals surface area (Å²) < 4.78 is 5.03. The first kappa shape index (κ1) is 8.99. The van der Waals surface area contributed by atoms with Gasteiger partial charge >= 0.3 is 5.37 Å². The molecule has 1 aromatic rings. The summed E-state index contributed by atoms with van der Waals surface area (Å²) >= 11 is 5.18. The molecule has 0 N–H and O–H groups in total. The molecule has 0 radical (unpaired) electrons. The van der Waals surface area contributed by atoms with Gasteiger partial charge in [-0.1, -0.05) is 0 Å². The first-order valence-corrected chi connectivity index (χ1v) is 3.67. The van der Waals surface area contributed by atoms with Gasteiger partial charge in [-0.15, -0.1) is 10.2 Å². The van der Waals surface area contributed by atoms with E-state index in [1.807, 2.05) is 0 Å². The minimum Gasteiger partial charge on any atom is -0.424 e. The number of hydrogen-bond acceptors (Lipinski definition) is 4. The summed E-state index contributed by atoms with van der Waals surface area (Å²) in [5, 5.41) is 6.75. The molecule has 12 heavy (non-hydrogen) atoms. The van der Waals surface area contributed by atoms with Crippen LogP contribution in [0.25, 0.3) is 0 Å². The highest BCUT2D eigenvalue weighted by molar-refractivity contribution is 6.62. The van der Waals surface area contributed by atoms with E-state index in [2.05, 4.69) is 10.2 Å². The first-order valence-electron chi connectivity index (χ1n) is 3.29. The van der Waals surface area contributed by atoms with Crippen molar-refractivity contribution in [1.29, 1.82) is 0 Å². The number of hydrogen-bond donors (Lipinski definition) is 0. The Morgan fingerprint density at radius 1 is 1.67 bits per heavy atom. The van der Waals surface area contributed by atoms with Crippen LogP contribution in [0, 0.1) is 6.92 Å². The smallest absolute Gasteiger partial charge is 0.316 e. The largest absolute Gasteiger partial charge is 0.424 e. The molecule has 0 fully saturated rings. The van der Waals surface area contributed by atoms with Crippen molar-refractivity contribution in [1.82, 2.24) is 15.1 Å². The van der Waals surface area contributed by atoms with Crippen LogP contribution in [0.2, 0.25) is 0 Å². The van der Waals surface area contributed by atoms with E-state index in [4.69, 9.17) is 16.0 Å². The van der Waals surface area contributed by atoms with Crippen LogP contribution in [0.15, 0.2) is 4.42 Å². The van der Waals surface area contributed by atoms with Gasteiger partial charge in [-0.2, -0.15) is 0 Å². The lowest BCUT2D eigenvalue weighted by Crippen LogP contribution is -2.20. The van der Waals surface area contributed by atoms with Gasteiger partial charge in [0.25, 0.3) is 0 Å². The predicted octanol–water partition coefficient (Wildman–Crippen LogP) is 1.17. The van der Waals surface area contributed by atoms with E-state index in [9.17, 15) is 4.79 Å². The highest BCUT2D eigenvalue weighted by Gasteiger charge is 2.09. The molecule has 0 spiro atoms.